The van der Waals surface area contributed by atoms with E-state index in [0.717, 1.165) is 11.3 Å². The molecular weight excluding hydrogens is 489 g/mol. The van der Waals surface area contributed by atoms with E-state index in [2.05, 4.69) is 20.4 Å². The van der Waals surface area contributed by atoms with Crippen molar-refractivity contribution in [1.82, 2.24) is 29.5 Å². The maximum absolute atomic E-state index is 12.8. The Labute approximate surface area is 202 Å². The van der Waals surface area contributed by atoms with Gasteiger partial charge < -0.3 is 10.4 Å². The first kappa shape index (κ1) is 25.7. The van der Waals surface area contributed by atoms with Crippen LogP contribution in [0.2, 0.25) is 5.02 Å². The molecule has 0 radical (unpaired) electrons. The summed E-state index contributed by atoms with van der Waals surface area (Å²) >= 11 is 5.91. The van der Waals surface area contributed by atoms with Crippen molar-refractivity contribution in [3.8, 4) is 11.5 Å². The van der Waals surface area contributed by atoms with E-state index in [1.54, 1.807) is 36.9 Å². The maximum Gasteiger partial charge on any atom is 0.490 e. The van der Waals surface area contributed by atoms with E-state index in [1.807, 2.05) is 41.1 Å². The number of hydrogen-bond donors (Lipinski definition) is 2. The van der Waals surface area contributed by atoms with Gasteiger partial charge in [-0.1, -0.05) is 23.7 Å². The number of imidazole rings is 1. The lowest BCUT2D eigenvalue weighted by Crippen LogP contribution is -2.23. The van der Waals surface area contributed by atoms with Gasteiger partial charge in [0.15, 0.2) is 11.5 Å². The predicted octanol–water partition coefficient (Wildman–Crippen LogP) is 4.39. The Balaban J connectivity index is 0.000000429. The van der Waals surface area contributed by atoms with Crippen LogP contribution >= 0.6 is 11.6 Å². The molecule has 35 heavy (non-hydrogen) atoms. The second-order valence-electron chi connectivity index (χ2n) is 7.48. The fourth-order valence-corrected chi connectivity index (χ4v) is 3.18. The van der Waals surface area contributed by atoms with Crippen LogP contribution in [0.5, 0.6) is 0 Å². The number of hydrogen-bond acceptors (Lipinski definition) is 5. The molecule has 0 fully saturated rings. The molecule has 0 aliphatic rings. The van der Waals surface area contributed by atoms with Crippen molar-refractivity contribution in [3.63, 3.8) is 0 Å². The van der Waals surface area contributed by atoms with Crippen molar-refractivity contribution in [3.05, 3.63) is 71.4 Å². The van der Waals surface area contributed by atoms with Crippen molar-refractivity contribution in [2.45, 2.75) is 32.6 Å². The van der Waals surface area contributed by atoms with Crippen molar-refractivity contribution in [1.29, 1.82) is 0 Å². The van der Waals surface area contributed by atoms with Crippen LogP contribution in [0.3, 0.4) is 0 Å². The molecule has 9 nitrogen and oxygen atoms in total. The number of aromatic nitrogens is 5. The van der Waals surface area contributed by atoms with Gasteiger partial charge in [0.05, 0.1) is 11.7 Å². The van der Waals surface area contributed by atoms with Crippen molar-refractivity contribution in [2.75, 3.05) is 0 Å². The summed E-state index contributed by atoms with van der Waals surface area (Å²) in [7, 11) is 0. The SMILES string of the molecule is CC(C)n1nccc1-c1nc(C(=O)NCc2ccc(Cl)cc2)c2cnccn12.O=C(O)C(F)(F)F. The summed E-state index contributed by atoms with van der Waals surface area (Å²) in [6.45, 7) is 4.48. The van der Waals surface area contributed by atoms with Gasteiger partial charge in [0.25, 0.3) is 5.91 Å². The van der Waals surface area contributed by atoms with Gasteiger partial charge in [-0.05, 0) is 37.6 Å². The Morgan fingerprint density at radius 2 is 1.80 bits per heavy atom. The van der Waals surface area contributed by atoms with Gasteiger partial charge in [0, 0.05) is 36.2 Å². The highest BCUT2D eigenvalue weighted by Gasteiger charge is 2.38. The number of benzene rings is 1. The Kier molecular flexibility index (Phi) is 7.75. The summed E-state index contributed by atoms with van der Waals surface area (Å²) in [6, 6.07) is 9.41. The first-order chi connectivity index (χ1) is 16.5. The molecule has 3 heterocycles. The van der Waals surface area contributed by atoms with Crippen LogP contribution in [0, 0.1) is 0 Å². The number of carboxylic acids is 1. The molecule has 4 aromatic rings. The number of amides is 1. The maximum atomic E-state index is 12.8. The summed E-state index contributed by atoms with van der Waals surface area (Å²) in [5.41, 5.74) is 2.77. The molecule has 0 unspecified atom stereocenters. The standard InChI is InChI=1S/C20H19ClN6O.C2HF3O2/c1-13(2)27-16(7-8-24-27)19-25-18(17-12-22-9-10-26(17)19)20(28)23-11-14-3-5-15(21)6-4-14;3-2(4,5)1(6)7/h3-10,12-13H,11H2,1-2H3,(H,23,28);(H,6,7). The van der Waals surface area contributed by atoms with Gasteiger partial charge in [-0.3, -0.25) is 18.9 Å². The molecule has 0 aliphatic carbocycles. The van der Waals surface area contributed by atoms with Gasteiger partial charge in [0.1, 0.15) is 5.69 Å². The minimum Gasteiger partial charge on any atom is -0.475 e. The zero-order valence-electron chi connectivity index (χ0n) is 18.5. The second-order valence-corrected chi connectivity index (χ2v) is 7.92. The molecule has 0 bridgehead atoms. The van der Waals surface area contributed by atoms with E-state index < -0.39 is 12.1 Å². The zero-order valence-corrected chi connectivity index (χ0v) is 19.2. The van der Waals surface area contributed by atoms with Gasteiger partial charge in [0.2, 0.25) is 0 Å². The number of carbonyl (C=O) groups excluding carboxylic acids is 1. The van der Waals surface area contributed by atoms with Crippen LogP contribution in [0.15, 0.2) is 55.1 Å². The topological polar surface area (TPSA) is 114 Å². The van der Waals surface area contributed by atoms with Crippen molar-refractivity contribution in [2.24, 2.45) is 0 Å². The smallest absolute Gasteiger partial charge is 0.475 e. The second kappa shape index (κ2) is 10.6. The van der Waals surface area contributed by atoms with E-state index >= 15 is 0 Å². The van der Waals surface area contributed by atoms with Crippen LogP contribution in [-0.4, -0.2) is 47.3 Å². The molecule has 184 valence electrons. The largest absolute Gasteiger partial charge is 0.490 e. The van der Waals surface area contributed by atoms with Gasteiger partial charge in [-0.25, -0.2) is 9.78 Å². The fraction of sp³-hybridized carbons (Fsp3) is 0.227. The first-order valence-corrected chi connectivity index (χ1v) is 10.6. The third-order valence-electron chi connectivity index (χ3n) is 4.66. The highest BCUT2D eigenvalue weighted by molar-refractivity contribution is 6.30. The number of aliphatic carboxylic acids is 1. The molecule has 1 amide bonds. The third kappa shape index (κ3) is 6.15. The van der Waals surface area contributed by atoms with Crippen LogP contribution < -0.4 is 5.32 Å². The van der Waals surface area contributed by atoms with E-state index in [4.69, 9.17) is 21.5 Å². The highest BCUT2D eigenvalue weighted by Crippen LogP contribution is 2.24. The molecule has 13 heteroatoms. The number of rotatable bonds is 5. The minimum absolute atomic E-state index is 0.168. The molecule has 3 aromatic heterocycles. The van der Waals surface area contributed by atoms with Gasteiger partial charge in [-0.15, -0.1) is 0 Å². The molecule has 4 rings (SSSR count). The number of nitrogens with one attached hydrogen (secondary N) is 1. The quantitative estimate of drug-likeness (QED) is 0.413. The lowest BCUT2D eigenvalue weighted by molar-refractivity contribution is -0.192. The van der Waals surface area contributed by atoms with Crippen molar-refractivity contribution < 1.29 is 27.9 Å². The molecule has 0 aliphatic heterocycles. The first-order valence-electron chi connectivity index (χ1n) is 10.2. The van der Waals surface area contributed by atoms with E-state index in [0.29, 0.717) is 28.6 Å². The normalized spacial score (nSPS) is 11.3. The molecule has 0 saturated heterocycles. The summed E-state index contributed by atoms with van der Waals surface area (Å²) in [5.74, 6) is -2.37. The van der Waals surface area contributed by atoms with E-state index in [1.165, 1.54) is 0 Å². The average Bonchev–Trinajstić information content (AvgIpc) is 3.43. The fourth-order valence-electron chi connectivity index (χ4n) is 3.06. The monoisotopic (exact) mass is 508 g/mol. The van der Waals surface area contributed by atoms with Crippen LogP contribution in [0.4, 0.5) is 13.2 Å². The van der Waals surface area contributed by atoms with Crippen LogP contribution in [-0.2, 0) is 11.3 Å². The third-order valence-corrected chi connectivity index (χ3v) is 4.91. The molecular formula is C22H20ClF3N6O3. The minimum atomic E-state index is -5.08. The Bertz CT molecular complexity index is 1330. The number of carboxylic acid groups (broad SMARTS) is 1. The van der Waals surface area contributed by atoms with Crippen LogP contribution in [0.1, 0.15) is 35.9 Å². The molecule has 1 aromatic carbocycles. The molecule has 0 atom stereocenters. The molecule has 2 N–H and O–H groups in total. The summed E-state index contributed by atoms with van der Waals surface area (Å²) in [4.78, 5) is 30.5. The van der Waals surface area contributed by atoms with Crippen molar-refractivity contribution >= 4 is 29.0 Å². The lowest BCUT2D eigenvalue weighted by Gasteiger charge is -2.09. The summed E-state index contributed by atoms with van der Waals surface area (Å²) in [5, 5.41) is 15.1. The summed E-state index contributed by atoms with van der Waals surface area (Å²) < 4.78 is 35.5. The van der Waals surface area contributed by atoms with E-state index in [9.17, 15) is 18.0 Å². The Morgan fingerprint density at radius 3 is 2.40 bits per heavy atom. The zero-order chi connectivity index (χ0) is 25.8. The van der Waals surface area contributed by atoms with E-state index in [-0.39, 0.29) is 11.9 Å². The molecule has 0 saturated carbocycles. The van der Waals surface area contributed by atoms with Gasteiger partial charge in [-0.2, -0.15) is 18.3 Å². The lowest BCUT2D eigenvalue weighted by atomic mass is 10.2. The number of alkyl halides is 3. The molecule has 0 spiro atoms. The summed E-state index contributed by atoms with van der Waals surface area (Å²) in [6.07, 6.45) is 1.76. The van der Waals surface area contributed by atoms with Gasteiger partial charge >= 0.3 is 12.1 Å². The Morgan fingerprint density at radius 1 is 1.14 bits per heavy atom. The Hall–Kier alpha value is -3.93. The number of fused-ring (bicyclic) bond motifs is 1. The predicted molar refractivity (Wildman–Crippen MR) is 121 cm³/mol. The number of halogens is 4. The van der Waals surface area contributed by atoms with Crippen LogP contribution in [0.25, 0.3) is 17.0 Å². The number of carbonyl (C=O) groups is 2. The average molecular weight is 509 g/mol. The number of nitrogens with zero attached hydrogens (tertiary/aromatic N) is 5. The highest BCUT2D eigenvalue weighted by atomic mass is 35.5.